The summed E-state index contributed by atoms with van der Waals surface area (Å²) in [7, 11) is 1.80. The molecule has 1 spiro atoms. The topological polar surface area (TPSA) is 50.4 Å². The number of methoxy groups -OCH3 is 1. The van der Waals surface area contributed by atoms with Crippen LogP contribution < -0.4 is 0 Å². The average Bonchev–Trinajstić information content (AvgIpc) is 3.02. The molecule has 100 valence electrons. The number of H-pyrrole nitrogens is 1. The minimum Gasteiger partial charge on any atom is -0.378 e. The molecule has 5 heteroatoms. The minimum atomic E-state index is -0.0837. The van der Waals surface area contributed by atoms with Crippen LogP contribution in [0.2, 0.25) is 0 Å². The average molecular weight is 251 g/mol. The molecule has 0 radical (unpaired) electrons. The van der Waals surface area contributed by atoms with Crippen LogP contribution in [0.15, 0.2) is 12.4 Å². The van der Waals surface area contributed by atoms with E-state index >= 15 is 0 Å². The number of piperidine rings is 1. The summed E-state index contributed by atoms with van der Waals surface area (Å²) in [6.45, 7) is 3.74. The van der Waals surface area contributed by atoms with Crippen LogP contribution in [0, 0.1) is 0 Å². The largest absolute Gasteiger partial charge is 0.378 e. The summed E-state index contributed by atoms with van der Waals surface area (Å²) in [5, 5.41) is 0. The smallest absolute Gasteiger partial charge is 0.120 e. The number of rotatable bonds is 3. The van der Waals surface area contributed by atoms with Crippen molar-refractivity contribution in [3.05, 3.63) is 18.2 Å². The quantitative estimate of drug-likeness (QED) is 0.876. The van der Waals surface area contributed by atoms with E-state index in [0.29, 0.717) is 0 Å². The van der Waals surface area contributed by atoms with Gasteiger partial charge < -0.3 is 14.5 Å². The SMILES string of the molecule is CO[C@H]1CCN(Cc2ncc[nH]2)C[C@@]12CCCO2. The molecule has 3 heterocycles. The van der Waals surface area contributed by atoms with E-state index < -0.39 is 0 Å². The fourth-order valence-electron chi connectivity index (χ4n) is 3.28. The van der Waals surface area contributed by atoms with Crippen LogP contribution in [0.25, 0.3) is 0 Å². The van der Waals surface area contributed by atoms with Crippen LogP contribution in [0.3, 0.4) is 0 Å². The Morgan fingerprint density at radius 2 is 2.61 bits per heavy atom. The molecule has 2 saturated heterocycles. The van der Waals surface area contributed by atoms with Gasteiger partial charge in [0.25, 0.3) is 0 Å². The molecule has 1 N–H and O–H groups in total. The number of hydrogen-bond donors (Lipinski definition) is 1. The molecule has 3 rings (SSSR count). The van der Waals surface area contributed by atoms with Crippen LogP contribution in [0.1, 0.15) is 25.1 Å². The van der Waals surface area contributed by atoms with Crippen molar-refractivity contribution in [1.82, 2.24) is 14.9 Å². The molecule has 18 heavy (non-hydrogen) atoms. The summed E-state index contributed by atoms with van der Waals surface area (Å²) < 4.78 is 11.7. The molecule has 2 aliphatic rings. The highest BCUT2D eigenvalue weighted by Crippen LogP contribution is 2.36. The van der Waals surface area contributed by atoms with Gasteiger partial charge in [-0.05, 0) is 19.3 Å². The summed E-state index contributed by atoms with van der Waals surface area (Å²) in [6, 6.07) is 0. The van der Waals surface area contributed by atoms with E-state index in [1.807, 2.05) is 6.20 Å². The molecule has 2 aliphatic heterocycles. The van der Waals surface area contributed by atoms with E-state index in [1.54, 1.807) is 13.3 Å². The molecular weight excluding hydrogens is 230 g/mol. The molecule has 2 fully saturated rings. The highest BCUT2D eigenvalue weighted by molar-refractivity contribution is 5.00. The molecule has 5 nitrogen and oxygen atoms in total. The molecule has 0 aliphatic carbocycles. The number of imidazole rings is 1. The number of aromatic nitrogens is 2. The van der Waals surface area contributed by atoms with Crippen molar-refractivity contribution in [1.29, 1.82) is 0 Å². The van der Waals surface area contributed by atoms with Crippen LogP contribution in [0.4, 0.5) is 0 Å². The number of nitrogens with one attached hydrogen (secondary N) is 1. The lowest BCUT2D eigenvalue weighted by Crippen LogP contribution is -2.56. The zero-order valence-corrected chi connectivity index (χ0v) is 10.9. The summed E-state index contributed by atoms with van der Waals surface area (Å²) in [6.07, 6.45) is 7.22. The Kier molecular flexibility index (Phi) is 3.37. The fraction of sp³-hybridized carbons (Fsp3) is 0.769. The number of aromatic amines is 1. The monoisotopic (exact) mass is 251 g/mol. The van der Waals surface area contributed by atoms with Crippen LogP contribution >= 0.6 is 0 Å². The summed E-state index contributed by atoms with van der Waals surface area (Å²) in [5.41, 5.74) is -0.0837. The van der Waals surface area contributed by atoms with E-state index in [0.717, 1.165) is 51.3 Å². The van der Waals surface area contributed by atoms with Gasteiger partial charge in [0.05, 0.1) is 12.6 Å². The van der Waals surface area contributed by atoms with Gasteiger partial charge in [-0.2, -0.15) is 0 Å². The van der Waals surface area contributed by atoms with E-state index in [4.69, 9.17) is 9.47 Å². The van der Waals surface area contributed by atoms with Crippen LogP contribution in [-0.4, -0.2) is 53.4 Å². The van der Waals surface area contributed by atoms with Crippen LogP contribution in [0.5, 0.6) is 0 Å². The predicted molar refractivity (Wildman–Crippen MR) is 67.2 cm³/mol. The lowest BCUT2D eigenvalue weighted by Gasteiger charge is -2.44. The van der Waals surface area contributed by atoms with Crippen molar-refractivity contribution in [3.8, 4) is 0 Å². The Morgan fingerprint density at radius 1 is 1.67 bits per heavy atom. The van der Waals surface area contributed by atoms with E-state index in [9.17, 15) is 0 Å². The second kappa shape index (κ2) is 4.99. The Balaban J connectivity index is 1.69. The number of likely N-dealkylation sites (tertiary alicyclic amines) is 1. The van der Waals surface area contributed by atoms with Gasteiger partial charge in [-0.25, -0.2) is 4.98 Å². The van der Waals surface area contributed by atoms with Gasteiger partial charge in [0, 0.05) is 39.2 Å². The Morgan fingerprint density at radius 3 is 3.28 bits per heavy atom. The molecule has 0 aromatic carbocycles. The number of hydrogen-bond acceptors (Lipinski definition) is 4. The first-order valence-corrected chi connectivity index (χ1v) is 6.70. The van der Waals surface area contributed by atoms with Crippen molar-refractivity contribution in [2.45, 2.75) is 37.5 Å². The van der Waals surface area contributed by atoms with Crippen LogP contribution in [-0.2, 0) is 16.0 Å². The first kappa shape index (κ1) is 12.1. The van der Waals surface area contributed by atoms with Crippen molar-refractivity contribution in [3.63, 3.8) is 0 Å². The van der Waals surface area contributed by atoms with E-state index in [-0.39, 0.29) is 11.7 Å². The third kappa shape index (κ3) is 2.18. The predicted octanol–water partition coefficient (Wildman–Crippen LogP) is 1.18. The van der Waals surface area contributed by atoms with Gasteiger partial charge in [-0.3, -0.25) is 4.90 Å². The highest BCUT2D eigenvalue weighted by Gasteiger charge is 2.47. The molecule has 0 bridgehead atoms. The maximum absolute atomic E-state index is 6.04. The van der Waals surface area contributed by atoms with Crippen molar-refractivity contribution >= 4 is 0 Å². The van der Waals surface area contributed by atoms with Gasteiger partial charge in [-0.1, -0.05) is 0 Å². The first-order chi connectivity index (χ1) is 8.82. The van der Waals surface area contributed by atoms with Crippen molar-refractivity contribution in [2.24, 2.45) is 0 Å². The fourth-order valence-corrected chi connectivity index (χ4v) is 3.28. The summed E-state index contributed by atoms with van der Waals surface area (Å²) in [5.74, 6) is 1.03. The summed E-state index contributed by atoms with van der Waals surface area (Å²) >= 11 is 0. The second-order valence-electron chi connectivity index (χ2n) is 5.28. The Bertz CT molecular complexity index is 374. The molecule has 0 amide bonds. The third-order valence-electron chi connectivity index (χ3n) is 4.13. The van der Waals surface area contributed by atoms with Gasteiger partial charge >= 0.3 is 0 Å². The molecule has 1 aromatic heterocycles. The number of nitrogens with zero attached hydrogens (tertiary/aromatic N) is 2. The van der Waals surface area contributed by atoms with Crippen molar-refractivity contribution < 1.29 is 9.47 Å². The minimum absolute atomic E-state index is 0.0837. The molecular formula is C13H21N3O2. The first-order valence-electron chi connectivity index (χ1n) is 6.70. The zero-order chi connectivity index (χ0) is 12.4. The van der Waals surface area contributed by atoms with Gasteiger partial charge in [0.15, 0.2) is 0 Å². The molecule has 2 atom stereocenters. The molecule has 0 unspecified atom stereocenters. The van der Waals surface area contributed by atoms with Gasteiger partial charge in [0.1, 0.15) is 11.4 Å². The highest BCUT2D eigenvalue weighted by atomic mass is 16.5. The lowest BCUT2D eigenvalue weighted by molar-refractivity contribution is -0.145. The van der Waals surface area contributed by atoms with E-state index in [1.165, 1.54) is 0 Å². The zero-order valence-electron chi connectivity index (χ0n) is 10.9. The van der Waals surface area contributed by atoms with Crippen molar-refractivity contribution in [2.75, 3.05) is 26.8 Å². The normalized spacial score (nSPS) is 33.3. The second-order valence-corrected chi connectivity index (χ2v) is 5.28. The van der Waals surface area contributed by atoms with Gasteiger partial charge in [0.2, 0.25) is 0 Å². The Hall–Kier alpha value is -0.910. The summed E-state index contributed by atoms with van der Waals surface area (Å²) in [4.78, 5) is 9.88. The standard InChI is InChI=1S/C13H21N3O2/c1-17-11-3-7-16(9-12-14-5-6-15-12)10-13(11)4-2-8-18-13/h5-6,11H,2-4,7-10H2,1H3,(H,14,15)/t11-,13-/m0/s1. The van der Waals surface area contributed by atoms with E-state index in [2.05, 4.69) is 14.9 Å². The lowest BCUT2D eigenvalue weighted by atomic mass is 9.87. The van der Waals surface area contributed by atoms with Gasteiger partial charge in [-0.15, -0.1) is 0 Å². The maximum Gasteiger partial charge on any atom is 0.120 e. The molecule has 1 aromatic rings. The number of ether oxygens (including phenoxy) is 2. The molecule has 0 saturated carbocycles. The maximum atomic E-state index is 6.04. The Labute approximate surface area is 107 Å². The third-order valence-corrected chi connectivity index (χ3v) is 4.13.